The molecule has 0 atom stereocenters. The SMILES string of the molecule is CNCCC(=O)NCCCN(C)c1ccccc1.Cl.Cl. The molecule has 0 aliphatic rings. The Bertz CT molecular complexity index is 350. The predicted octanol–water partition coefficient (Wildman–Crippen LogP) is 2.08. The van der Waals surface area contributed by atoms with Crippen LogP contribution in [-0.4, -0.2) is 39.6 Å². The maximum absolute atomic E-state index is 11.4. The number of carbonyl (C=O) groups excluding carboxylic acids is 1. The van der Waals surface area contributed by atoms with Gasteiger partial charge in [0.2, 0.25) is 5.91 Å². The summed E-state index contributed by atoms with van der Waals surface area (Å²) in [4.78, 5) is 13.5. The fourth-order valence-electron chi connectivity index (χ4n) is 1.68. The van der Waals surface area contributed by atoms with Crippen LogP contribution in [0.3, 0.4) is 0 Å². The van der Waals surface area contributed by atoms with Gasteiger partial charge in [-0.2, -0.15) is 0 Å². The molecule has 0 aromatic heterocycles. The number of benzene rings is 1. The highest BCUT2D eigenvalue weighted by molar-refractivity contribution is 5.85. The van der Waals surface area contributed by atoms with Gasteiger partial charge in [0.15, 0.2) is 0 Å². The van der Waals surface area contributed by atoms with Crippen LogP contribution in [0.5, 0.6) is 0 Å². The molecule has 0 bridgehead atoms. The van der Waals surface area contributed by atoms with Crippen LogP contribution < -0.4 is 15.5 Å². The zero-order valence-electron chi connectivity index (χ0n) is 12.1. The Labute approximate surface area is 134 Å². The highest BCUT2D eigenvalue weighted by Gasteiger charge is 2.01. The first-order chi connectivity index (χ1) is 8.74. The summed E-state index contributed by atoms with van der Waals surface area (Å²) in [6.07, 6.45) is 1.50. The van der Waals surface area contributed by atoms with Crippen molar-refractivity contribution in [1.29, 1.82) is 0 Å². The lowest BCUT2D eigenvalue weighted by molar-refractivity contribution is -0.120. The van der Waals surface area contributed by atoms with E-state index in [1.807, 2.05) is 25.2 Å². The molecular formula is C14H25Cl2N3O. The van der Waals surface area contributed by atoms with Gasteiger partial charge in [-0.05, 0) is 25.6 Å². The summed E-state index contributed by atoms with van der Waals surface area (Å²) in [5.41, 5.74) is 1.21. The number of nitrogens with one attached hydrogen (secondary N) is 2. The van der Waals surface area contributed by atoms with Crippen LogP contribution in [0.15, 0.2) is 30.3 Å². The van der Waals surface area contributed by atoms with E-state index in [0.29, 0.717) is 6.42 Å². The molecule has 0 saturated heterocycles. The van der Waals surface area contributed by atoms with Crippen molar-refractivity contribution in [2.75, 3.05) is 38.6 Å². The van der Waals surface area contributed by atoms with Crippen molar-refractivity contribution in [3.63, 3.8) is 0 Å². The van der Waals surface area contributed by atoms with Crippen LogP contribution in [0.25, 0.3) is 0 Å². The molecule has 1 rings (SSSR count). The van der Waals surface area contributed by atoms with Gasteiger partial charge < -0.3 is 15.5 Å². The second kappa shape index (κ2) is 13.0. The summed E-state index contributed by atoms with van der Waals surface area (Å²) in [5.74, 6) is 0.117. The molecule has 2 N–H and O–H groups in total. The van der Waals surface area contributed by atoms with Gasteiger partial charge in [-0.3, -0.25) is 4.79 Å². The maximum Gasteiger partial charge on any atom is 0.221 e. The average molecular weight is 322 g/mol. The first kappa shape index (κ1) is 21.3. The van der Waals surface area contributed by atoms with Gasteiger partial charge in [0.1, 0.15) is 0 Å². The molecule has 0 aliphatic carbocycles. The largest absolute Gasteiger partial charge is 0.375 e. The van der Waals surface area contributed by atoms with Crippen LogP contribution in [0.2, 0.25) is 0 Å². The molecule has 6 heteroatoms. The summed E-state index contributed by atoms with van der Waals surface area (Å²) in [5, 5.41) is 5.88. The lowest BCUT2D eigenvalue weighted by Gasteiger charge is -2.19. The molecule has 20 heavy (non-hydrogen) atoms. The molecule has 0 radical (unpaired) electrons. The van der Waals surface area contributed by atoms with E-state index in [9.17, 15) is 4.79 Å². The van der Waals surface area contributed by atoms with E-state index in [1.165, 1.54) is 5.69 Å². The molecule has 0 fully saturated rings. The Balaban J connectivity index is 0. The predicted molar refractivity (Wildman–Crippen MR) is 90.4 cm³/mol. The van der Waals surface area contributed by atoms with Crippen molar-refractivity contribution >= 4 is 36.4 Å². The molecule has 0 aliphatic heterocycles. The summed E-state index contributed by atoms with van der Waals surface area (Å²) in [6.45, 7) is 2.41. The summed E-state index contributed by atoms with van der Waals surface area (Å²) < 4.78 is 0. The Morgan fingerprint density at radius 2 is 1.80 bits per heavy atom. The summed E-state index contributed by atoms with van der Waals surface area (Å²) in [7, 11) is 3.92. The quantitative estimate of drug-likeness (QED) is 0.720. The monoisotopic (exact) mass is 321 g/mol. The van der Waals surface area contributed by atoms with Crippen molar-refractivity contribution in [2.45, 2.75) is 12.8 Å². The molecule has 0 spiro atoms. The van der Waals surface area contributed by atoms with Crippen LogP contribution in [-0.2, 0) is 4.79 Å². The van der Waals surface area contributed by atoms with Crippen molar-refractivity contribution in [1.82, 2.24) is 10.6 Å². The number of hydrogen-bond donors (Lipinski definition) is 2. The van der Waals surface area contributed by atoms with E-state index in [1.54, 1.807) is 0 Å². The van der Waals surface area contributed by atoms with E-state index in [-0.39, 0.29) is 30.7 Å². The summed E-state index contributed by atoms with van der Waals surface area (Å²) in [6, 6.07) is 10.3. The van der Waals surface area contributed by atoms with Gasteiger partial charge in [-0.15, -0.1) is 24.8 Å². The Kier molecular flexibility index (Phi) is 13.9. The number of para-hydroxylation sites is 1. The topological polar surface area (TPSA) is 44.4 Å². The zero-order chi connectivity index (χ0) is 13.2. The lowest BCUT2D eigenvalue weighted by atomic mass is 10.3. The fraction of sp³-hybridized carbons (Fsp3) is 0.500. The van der Waals surface area contributed by atoms with E-state index in [4.69, 9.17) is 0 Å². The number of anilines is 1. The standard InChI is InChI=1S/C14H23N3O.2ClH/c1-15-11-9-14(18)16-10-6-12-17(2)13-7-4-3-5-8-13;;/h3-5,7-8,15H,6,9-12H2,1-2H3,(H,16,18);2*1H. The second-order valence-corrected chi connectivity index (χ2v) is 4.31. The van der Waals surface area contributed by atoms with Gasteiger partial charge in [-0.25, -0.2) is 0 Å². The van der Waals surface area contributed by atoms with Crippen molar-refractivity contribution in [3.8, 4) is 0 Å². The number of nitrogens with zero attached hydrogens (tertiary/aromatic N) is 1. The number of carbonyl (C=O) groups is 1. The van der Waals surface area contributed by atoms with Gasteiger partial charge >= 0.3 is 0 Å². The summed E-state index contributed by atoms with van der Waals surface area (Å²) >= 11 is 0. The molecule has 4 nitrogen and oxygen atoms in total. The number of hydrogen-bond acceptors (Lipinski definition) is 3. The molecule has 1 amide bonds. The molecule has 116 valence electrons. The maximum atomic E-state index is 11.4. The van der Waals surface area contributed by atoms with Crippen LogP contribution in [0.4, 0.5) is 5.69 Å². The van der Waals surface area contributed by atoms with Gasteiger partial charge in [0.25, 0.3) is 0 Å². The van der Waals surface area contributed by atoms with Crippen LogP contribution in [0.1, 0.15) is 12.8 Å². The molecule has 0 heterocycles. The first-order valence-corrected chi connectivity index (χ1v) is 6.41. The van der Waals surface area contributed by atoms with E-state index >= 15 is 0 Å². The van der Waals surface area contributed by atoms with Crippen molar-refractivity contribution in [3.05, 3.63) is 30.3 Å². The van der Waals surface area contributed by atoms with E-state index < -0.39 is 0 Å². The Morgan fingerprint density at radius 3 is 2.40 bits per heavy atom. The first-order valence-electron chi connectivity index (χ1n) is 6.41. The molecule has 1 aromatic carbocycles. The minimum absolute atomic E-state index is 0. The highest BCUT2D eigenvalue weighted by Crippen LogP contribution is 2.10. The van der Waals surface area contributed by atoms with E-state index in [2.05, 4.69) is 34.7 Å². The fourth-order valence-corrected chi connectivity index (χ4v) is 1.68. The number of halogens is 2. The third kappa shape index (κ3) is 9.02. The molecular weight excluding hydrogens is 297 g/mol. The molecule has 0 saturated carbocycles. The zero-order valence-corrected chi connectivity index (χ0v) is 13.7. The second-order valence-electron chi connectivity index (χ2n) is 4.31. The molecule has 0 unspecified atom stereocenters. The van der Waals surface area contributed by atoms with E-state index in [0.717, 1.165) is 26.1 Å². The Morgan fingerprint density at radius 1 is 1.15 bits per heavy atom. The van der Waals surface area contributed by atoms with Crippen LogP contribution >= 0.6 is 24.8 Å². The van der Waals surface area contributed by atoms with Gasteiger partial charge in [0.05, 0.1) is 0 Å². The average Bonchev–Trinajstić information content (AvgIpc) is 2.42. The molecule has 1 aromatic rings. The minimum atomic E-state index is 0. The third-order valence-electron chi connectivity index (χ3n) is 2.79. The highest BCUT2D eigenvalue weighted by atomic mass is 35.5. The number of rotatable bonds is 8. The van der Waals surface area contributed by atoms with Gasteiger partial charge in [-0.1, -0.05) is 18.2 Å². The van der Waals surface area contributed by atoms with Gasteiger partial charge in [0, 0.05) is 38.8 Å². The van der Waals surface area contributed by atoms with Crippen LogP contribution in [0, 0.1) is 0 Å². The van der Waals surface area contributed by atoms with Crippen molar-refractivity contribution in [2.24, 2.45) is 0 Å². The lowest BCUT2D eigenvalue weighted by Crippen LogP contribution is -2.29. The third-order valence-corrected chi connectivity index (χ3v) is 2.79. The smallest absolute Gasteiger partial charge is 0.221 e. The van der Waals surface area contributed by atoms with Crippen molar-refractivity contribution < 1.29 is 4.79 Å². The number of amides is 1. The normalized spacial score (nSPS) is 9.10. The Hall–Kier alpha value is -0.970. The minimum Gasteiger partial charge on any atom is -0.375 e.